The van der Waals surface area contributed by atoms with Crippen molar-refractivity contribution >= 4 is 57.6 Å². The van der Waals surface area contributed by atoms with Crippen LogP contribution in [0.15, 0.2) is 64.6 Å². The monoisotopic (exact) mass is 520 g/mol. The summed E-state index contributed by atoms with van der Waals surface area (Å²) in [5.74, 6) is 0.984. The number of imidazole rings is 2. The van der Waals surface area contributed by atoms with Gasteiger partial charge in [-0.25, -0.2) is 9.97 Å². The number of nitrogens with zero attached hydrogens (tertiary/aromatic N) is 5. The predicted octanol–water partition coefficient (Wildman–Crippen LogP) is 5.59. The van der Waals surface area contributed by atoms with Gasteiger partial charge in [0.25, 0.3) is 0 Å². The molecular formula is C26H22Cl2N6S. The maximum Gasteiger partial charge on any atom is 0.157 e. The van der Waals surface area contributed by atoms with Gasteiger partial charge in [-0.3, -0.25) is 9.38 Å². The minimum absolute atomic E-state index is 0.0358. The Labute approximate surface area is 216 Å². The molecule has 7 rings (SSSR count). The van der Waals surface area contributed by atoms with Gasteiger partial charge < -0.3 is 10.6 Å². The summed E-state index contributed by atoms with van der Waals surface area (Å²) in [7, 11) is 0. The van der Waals surface area contributed by atoms with E-state index in [1.807, 2.05) is 36.7 Å². The molecule has 0 unspecified atom stereocenters. The zero-order valence-electron chi connectivity index (χ0n) is 18.8. The van der Waals surface area contributed by atoms with Gasteiger partial charge in [0.05, 0.1) is 26.8 Å². The fraction of sp³-hybridized carbons (Fsp3) is 0.269. The van der Waals surface area contributed by atoms with Crippen LogP contribution in [0.4, 0.5) is 5.82 Å². The average molecular weight is 521 g/mol. The van der Waals surface area contributed by atoms with Crippen molar-refractivity contribution in [2.24, 2.45) is 5.73 Å². The summed E-state index contributed by atoms with van der Waals surface area (Å²) >= 11 is 14.2. The molecule has 35 heavy (non-hydrogen) atoms. The van der Waals surface area contributed by atoms with Gasteiger partial charge in [0.1, 0.15) is 11.2 Å². The van der Waals surface area contributed by atoms with Crippen LogP contribution in [0.5, 0.6) is 0 Å². The lowest BCUT2D eigenvalue weighted by Crippen LogP contribution is -2.51. The Morgan fingerprint density at radius 2 is 1.86 bits per heavy atom. The molecule has 1 saturated heterocycles. The van der Waals surface area contributed by atoms with Crippen LogP contribution < -0.4 is 10.6 Å². The molecule has 2 N–H and O–H groups in total. The first kappa shape index (κ1) is 21.7. The van der Waals surface area contributed by atoms with Gasteiger partial charge in [0, 0.05) is 35.6 Å². The lowest BCUT2D eigenvalue weighted by Gasteiger charge is -2.42. The summed E-state index contributed by atoms with van der Waals surface area (Å²) in [5.41, 5.74) is 12.0. The highest BCUT2D eigenvalue weighted by Crippen LogP contribution is 2.46. The van der Waals surface area contributed by atoms with Crippen LogP contribution >= 0.6 is 35.0 Å². The number of nitrogens with two attached hydrogens (primary N) is 1. The van der Waals surface area contributed by atoms with E-state index in [4.69, 9.17) is 43.9 Å². The first-order valence-corrected chi connectivity index (χ1v) is 13.3. The standard InChI is InChI=1S/C26H22Cl2N6S/c27-16-4-1-5-18(22(16)28)35-19-6-7-21-32-24(17-14-31-25(19)34(17)21)33-11-8-26(9-12-33)20(29)13-15-3-2-10-30-23(15)26/h1-7,10,14,20H,8-9,11-13,29H2/t20-/m1/s1. The van der Waals surface area contributed by atoms with E-state index in [2.05, 4.69) is 21.4 Å². The zero-order valence-corrected chi connectivity index (χ0v) is 21.1. The number of pyridine rings is 2. The number of fused-ring (bicyclic) bond motifs is 2. The van der Waals surface area contributed by atoms with E-state index in [1.165, 1.54) is 11.3 Å². The number of hydrogen-bond donors (Lipinski definition) is 1. The van der Waals surface area contributed by atoms with Gasteiger partial charge in [0.15, 0.2) is 11.5 Å². The first-order chi connectivity index (χ1) is 17.0. The van der Waals surface area contributed by atoms with Crippen molar-refractivity contribution in [1.29, 1.82) is 0 Å². The van der Waals surface area contributed by atoms with Gasteiger partial charge >= 0.3 is 0 Å². The third-order valence-corrected chi connectivity index (χ3v) is 9.68. The Bertz CT molecular complexity index is 1580. The molecule has 5 heterocycles. The number of anilines is 1. The van der Waals surface area contributed by atoms with Crippen LogP contribution in [0, 0.1) is 0 Å². The lowest BCUT2D eigenvalue weighted by atomic mass is 9.73. The van der Waals surface area contributed by atoms with Gasteiger partial charge in [-0.2, -0.15) is 0 Å². The quantitative estimate of drug-likeness (QED) is 0.334. The number of benzene rings is 1. The van der Waals surface area contributed by atoms with Gasteiger partial charge in [-0.15, -0.1) is 0 Å². The summed E-state index contributed by atoms with van der Waals surface area (Å²) in [4.78, 5) is 18.8. The first-order valence-electron chi connectivity index (χ1n) is 11.7. The maximum absolute atomic E-state index is 6.68. The Balaban J connectivity index is 1.21. The number of aromatic nitrogens is 4. The molecule has 2 aliphatic rings. The maximum atomic E-state index is 6.68. The molecule has 1 fully saturated rings. The fourth-order valence-corrected chi connectivity index (χ4v) is 7.27. The minimum Gasteiger partial charge on any atom is -0.355 e. The number of rotatable bonds is 3. The molecule has 1 spiro atoms. The molecule has 5 aromatic rings. The Kier molecular flexibility index (Phi) is 4.93. The normalized spacial score (nSPS) is 19.3. The van der Waals surface area contributed by atoms with Gasteiger partial charge in [-0.1, -0.05) is 47.1 Å². The number of halogens is 2. The second-order valence-electron chi connectivity index (χ2n) is 9.41. The van der Waals surface area contributed by atoms with Crippen LogP contribution in [0.3, 0.4) is 0 Å². The second-order valence-corrected chi connectivity index (χ2v) is 11.3. The van der Waals surface area contributed by atoms with Gasteiger partial charge in [-0.05, 0) is 55.2 Å². The highest BCUT2D eigenvalue weighted by atomic mass is 35.5. The molecule has 9 heteroatoms. The van der Waals surface area contributed by atoms with Crippen LogP contribution in [0.1, 0.15) is 24.1 Å². The van der Waals surface area contributed by atoms with E-state index in [0.717, 1.165) is 64.8 Å². The highest BCUT2D eigenvalue weighted by Gasteiger charge is 2.48. The molecule has 0 amide bonds. The largest absolute Gasteiger partial charge is 0.355 e. The molecule has 4 aromatic heterocycles. The molecular weight excluding hydrogens is 499 g/mol. The van der Waals surface area contributed by atoms with Crippen molar-refractivity contribution in [3.05, 3.63) is 76.2 Å². The van der Waals surface area contributed by atoms with E-state index in [9.17, 15) is 0 Å². The summed E-state index contributed by atoms with van der Waals surface area (Å²) < 4.78 is 2.14. The van der Waals surface area contributed by atoms with E-state index in [0.29, 0.717) is 10.0 Å². The molecule has 176 valence electrons. The third-order valence-electron chi connectivity index (χ3n) is 7.65. The summed E-state index contributed by atoms with van der Waals surface area (Å²) in [6.07, 6.45) is 6.69. The highest BCUT2D eigenvalue weighted by molar-refractivity contribution is 7.99. The van der Waals surface area contributed by atoms with Crippen molar-refractivity contribution < 1.29 is 0 Å². The van der Waals surface area contributed by atoms with Crippen LogP contribution in [0.2, 0.25) is 10.0 Å². The molecule has 1 aromatic carbocycles. The van der Waals surface area contributed by atoms with Gasteiger partial charge in [0.2, 0.25) is 0 Å². The van der Waals surface area contributed by atoms with Crippen molar-refractivity contribution in [3.63, 3.8) is 0 Å². The Hall–Kier alpha value is -2.58. The topological polar surface area (TPSA) is 72.3 Å². The molecule has 0 bridgehead atoms. The molecule has 1 atom stereocenters. The SMILES string of the molecule is N[C@@H]1Cc2cccnc2C12CCN(c1nc3ccc(Sc4cccc(Cl)c4Cl)c4ncc1n34)CC2. The molecule has 1 aliphatic carbocycles. The van der Waals surface area contributed by atoms with Crippen LogP contribution in [-0.4, -0.2) is 38.5 Å². The van der Waals surface area contributed by atoms with Crippen molar-refractivity contribution in [1.82, 2.24) is 19.4 Å². The molecule has 0 radical (unpaired) electrons. The molecule has 6 nitrogen and oxygen atoms in total. The summed E-state index contributed by atoms with van der Waals surface area (Å²) in [6, 6.07) is 14.1. The molecule has 1 aliphatic heterocycles. The van der Waals surface area contributed by atoms with Crippen LogP contribution in [-0.2, 0) is 11.8 Å². The zero-order chi connectivity index (χ0) is 23.7. The number of piperidine rings is 1. The molecule has 0 saturated carbocycles. The fourth-order valence-electron chi connectivity index (χ4n) is 5.85. The minimum atomic E-state index is -0.0358. The summed E-state index contributed by atoms with van der Waals surface area (Å²) in [5, 5.41) is 1.11. The van der Waals surface area contributed by atoms with E-state index >= 15 is 0 Å². The third kappa shape index (κ3) is 3.18. The predicted molar refractivity (Wildman–Crippen MR) is 141 cm³/mol. The average Bonchev–Trinajstić information content (AvgIpc) is 3.55. The lowest BCUT2D eigenvalue weighted by molar-refractivity contribution is 0.286. The van der Waals surface area contributed by atoms with Crippen molar-refractivity contribution in [2.45, 2.75) is 40.5 Å². The summed E-state index contributed by atoms with van der Waals surface area (Å²) in [6.45, 7) is 1.78. The van der Waals surface area contributed by atoms with E-state index in [-0.39, 0.29) is 11.5 Å². The second kappa shape index (κ2) is 7.96. The van der Waals surface area contributed by atoms with E-state index in [1.54, 1.807) is 17.8 Å². The van der Waals surface area contributed by atoms with Crippen molar-refractivity contribution in [2.75, 3.05) is 18.0 Å². The van der Waals surface area contributed by atoms with Crippen LogP contribution in [0.25, 0.3) is 16.8 Å². The van der Waals surface area contributed by atoms with Crippen molar-refractivity contribution in [3.8, 4) is 0 Å². The smallest absolute Gasteiger partial charge is 0.157 e. The van der Waals surface area contributed by atoms with E-state index < -0.39 is 0 Å². The number of hydrogen-bond acceptors (Lipinski definition) is 6. The Morgan fingerprint density at radius 1 is 1.00 bits per heavy atom. The Morgan fingerprint density at radius 3 is 2.71 bits per heavy atom.